The van der Waals surface area contributed by atoms with Crippen LogP contribution < -0.4 is 9.64 Å². The summed E-state index contributed by atoms with van der Waals surface area (Å²) < 4.78 is 5.84. The number of para-hydroxylation sites is 1. The number of aliphatic hydroxyl groups excluding tert-OH is 1. The highest BCUT2D eigenvalue weighted by molar-refractivity contribution is 5.46. The van der Waals surface area contributed by atoms with Crippen molar-refractivity contribution in [2.75, 3.05) is 44.2 Å². The van der Waals surface area contributed by atoms with E-state index in [1.807, 2.05) is 6.07 Å². The highest BCUT2D eigenvalue weighted by Gasteiger charge is 2.20. The predicted molar refractivity (Wildman–Crippen MR) is 105 cm³/mol. The van der Waals surface area contributed by atoms with E-state index in [-0.39, 0.29) is 0 Å². The number of hydrogen-bond donors (Lipinski definition) is 1. The van der Waals surface area contributed by atoms with Gasteiger partial charge in [-0.25, -0.2) is 0 Å². The molecule has 0 saturated carbocycles. The van der Waals surface area contributed by atoms with Crippen LogP contribution in [-0.4, -0.2) is 55.4 Å². The summed E-state index contributed by atoms with van der Waals surface area (Å²) in [6.07, 6.45) is 3.14. The Kier molecular flexibility index (Phi) is 5.42. The minimum Gasteiger partial charge on any atom is -0.491 e. The first-order valence-corrected chi connectivity index (χ1v) is 9.73. The molecule has 4 rings (SSSR count). The molecule has 4 nitrogen and oxygen atoms in total. The van der Waals surface area contributed by atoms with Crippen molar-refractivity contribution in [2.45, 2.75) is 25.4 Å². The van der Waals surface area contributed by atoms with E-state index in [1.165, 1.54) is 29.7 Å². The fourth-order valence-corrected chi connectivity index (χ4v) is 4.01. The Morgan fingerprint density at radius 3 is 2.50 bits per heavy atom. The first kappa shape index (κ1) is 17.4. The minimum atomic E-state index is -0.452. The molecule has 1 fully saturated rings. The van der Waals surface area contributed by atoms with E-state index in [4.69, 9.17) is 4.74 Å². The lowest BCUT2D eigenvalue weighted by Crippen LogP contribution is -2.49. The lowest BCUT2D eigenvalue weighted by molar-refractivity contribution is 0.0663. The van der Waals surface area contributed by atoms with E-state index >= 15 is 0 Å². The molecule has 138 valence electrons. The summed E-state index contributed by atoms with van der Waals surface area (Å²) in [6, 6.07) is 16.9. The predicted octanol–water partition coefficient (Wildman–Crippen LogP) is 2.74. The summed E-state index contributed by atoms with van der Waals surface area (Å²) in [4.78, 5) is 4.74. The second kappa shape index (κ2) is 8.11. The largest absolute Gasteiger partial charge is 0.491 e. The minimum absolute atomic E-state index is 0.359. The van der Waals surface area contributed by atoms with Crippen LogP contribution in [-0.2, 0) is 12.8 Å². The van der Waals surface area contributed by atoms with Crippen LogP contribution in [0.4, 0.5) is 5.69 Å². The van der Waals surface area contributed by atoms with E-state index < -0.39 is 6.10 Å². The SMILES string of the molecule is O[C@@H](COc1ccc2c(c1)CCC2)CN1CCN(c2ccccc2)CC1. The standard InChI is InChI=1S/C22H28N2O2/c25-21(17-26-22-10-9-18-5-4-6-19(18)15-22)16-23-11-13-24(14-12-23)20-7-2-1-3-8-20/h1-3,7-10,15,21,25H,4-6,11-14,16-17H2/t21-/m1/s1. The van der Waals surface area contributed by atoms with Gasteiger partial charge in [-0.15, -0.1) is 0 Å². The Morgan fingerprint density at radius 1 is 0.923 bits per heavy atom. The number of β-amino-alcohol motifs (C(OH)–C–C–N with tert-alkyl or cyclic N) is 1. The van der Waals surface area contributed by atoms with Crippen LogP contribution in [0.5, 0.6) is 5.75 Å². The number of piperazine rings is 1. The fourth-order valence-electron chi connectivity index (χ4n) is 4.01. The fraction of sp³-hybridized carbons (Fsp3) is 0.455. The molecule has 0 radical (unpaired) electrons. The number of ether oxygens (including phenoxy) is 1. The molecule has 0 bridgehead atoms. The topological polar surface area (TPSA) is 35.9 Å². The first-order valence-electron chi connectivity index (χ1n) is 9.73. The van der Waals surface area contributed by atoms with Gasteiger partial charge in [-0.3, -0.25) is 4.90 Å². The van der Waals surface area contributed by atoms with Gasteiger partial charge < -0.3 is 14.7 Å². The molecule has 26 heavy (non-hydrogen) atoms. The van der Waals surface area contributed by atoms with Crippen molar-refractivity contribution in [3.63, 3.8) is 0 Å². The van der Waals surface area contributed by atoms with Crippen LogP contribution in [0.1, 0.15) is 17.5 Å². The monoisotopic (exact) mass is 352 g/mol. The van der Waals surface area contributed by atoms with Crippen LogP contribution in [0.3, 0.4) is 0 Å². The number of nitrogens with zero attached hydrogens (tertiary/aromatic N) is 2. The normalized spacial score (nSPS) is 18.6. The second-order valence-corrected chi connectivity index (χ2v) is 7.37. The number of rotatable bonds is 6. The Bertz CT molecular complexity index is 711. The van der Waals surface area contributed by atoms with Crippen molar-refractivity contribution in [3.05, 3.63) is 59.7 Å². The van der Waals surface area contributed by atoms with Crippen molar-refractivity contribution < 1.29 is 9.84 Å². The number of benzene rings is 2. The third-order valence-electron chi connectivity index (χ3n) is 5.47. The second-order valence-electron chi connectivity index (χ2n) is 7.37. The quantitative estimate of drug-likeness (QED) is 0.867. The molecule has 0 unspecified atom stereocenters. The van der Waals surface area contributed by atoms with Crippen molar-refractivity contribution in [2.24, 2.45) is 0 Å². The molecule has 0 amide bonds. The van der Waals surface area contributed by atoms with Gasteiger partial charge in [-0.2, -0.15) is 0 Å². The van der Waals surface area contributed by atoms with Gasteiger partial charge in [0.25, 0.3) is 0 Å². The van der Waals surface area contributed by atoms with Crippen LogP contribution in [0, 0.1) is 0 Å². The summed E-state index contributed by atoms with van der Waals surface area (Å²) >= 11 is 0. The third kappa shape index (κ3) is 4.19. The van der Waals surface area contributed by atoms with Gasteiger partial charge in [-0.1, -0.05) is 24.3 Å². The molecular weight excluding hydrogens is 324 g/mol. The molecule has 2 aromatic rings. The lowest BCUT2D eigenvalue weighted by Gasteiger charge is -2.36. The van der Waals surface area contributed by atoms with Gasteiger partial charge in [0.05, 0.1) is 0 Å². The van der Waals surface area contributed by atoms with E-state index in [2.05, 4.69) is 52.3 Å². The Morgan fingerprint density at radius 2 is 1.69 bits per heavy atom. The maximum atomic E-state index is 10.4. The Balaban J connectivity index is 1.21. The highest BCUT2D eigenvalue weighted by Crippen LogP contribution is 2.26. The number of aryl methyl sites for hydroxylation is 2. The molecule has 1 aliphatic carbocycles. The van der Waals surface area contributed by atoms with Gasteiger partial charge in [0.2, 0.25) is 0 Å². The molecule has 1 heterocycles. The van der Waals surface area contributed by atoms with Crippen molar-refractivity contribution in [1.29, 1.82) is 0 Å². The summed E-state index contributed by atoms with van der Waals surface area (Å²) in [7, 11) is 0. The molecule has 2 aromatic carbocycles. The Labute approximate surface area is 156 Å². The van der Waals surface area contributed by atoms with E-state index in [1.54, 1.807) is 0 Å². The maximum absolute atomic E-state index is 10.4. The zero-order valence-corrected chi connectivity index (χ0v) is 15.3. The summed E-state index contributed by atoms with van der Waals surface area (Å²) in [5.41, 5.74) is 4.15. The summed E-state index contributed by atoms with van der Waals surface area (Å²) in [6.45, 7) is 4.99. The lowest BCUT2D eigenvalue weighted by atomic mass is 10.1. The maximum Gasteiger partial charge on any atom is 0.119 e. The molecule has 0 spiro atoms. The van der Waals surface area contributed by atoms with E-state index in [0.717, 1.165) is 38.3 Å². The average Bonchev–Trinajstić information content (AvgIpc) is 3.15. The van der Waals surface area contributed by atoms with Crippen molar-refractivity contribution in [1.82, 2.24) is 4.90 Å². The van der Waals surface area contributed by atoms with Crippen LogP contribution >= 0.6 is 0 Å². The molecule has 1 saturated heterocycles. The van der Waals surface area contributed by atoms with Gasteiger partial charge >= 0.3 is 0 Å². The molecule has 1 N–H and O–H groups in total. The van der Waals surface area contributed by atoms with Crippen molar-refractivity contribution >= 4 is 5.69 Å². The molecule has 4 heteroatoms. The number of aliphatic hydroxyl groups is 1. The van der Waals surface area contributed by atoms with Crippen LogP contribution in [0.25, 0.3) is 0 Å². The van der Waals surface area contributed by atoms with Crippen molar-refractivity contribution in [3.8, 4) is 5.75 Å². The van der Waals surface area contributed by atoms with Crippen LogP contribution in [0.15, 0.2) is 48.5 Å². The Hall–Kier alpha value is -2.04. The summed E-state index contributed by atoms with van der Waals surface area (Å²) in [5.74, 6) is 0.888. The molecule has 0 aromatic heterocycles. The number of hydrogen-bond acceptors (Lipinski definition) is 4. The molecule has 2 aliphatic rings. The zero-order chi connectivity index (χ0) is 17.8. The third-order valence-corrected chi connectivity index (χ3v) is 5.47. The van der Waals surface area contributed by atoms with Gasteiger partial charge in [0.15, 0.2) is 0 Å². The highest BCUT2D eigenvalue weighted by atomic mass is 16.5. The smallest absolute Gasteiger partial charge is 0.119 e. The number of fused-ring (bicyclic) bond motifs is 1. The van der Waals surface area contributed by atoms with E-state index in [0.29, 0.717) is 13.2 Å². The number of anilines is 1. The average molecular weight is 352 g/mol. The van der Waals surface area contributed by atoms with E-state index in [9.17, 15) is 5.11 Å². The molecular formula is C22H28N2O2. The van der Waals surface area contributed by atoms with Gasteiger partial charge in [0, 0.05) is 38.4 Å². The van der Waals surface area contributed by atoms with Gasteiger partial charge in [0.1, 0.15) is 18.5 Å². The van der Waals surface area contributed by atoms with Gasteiger partial charge in [-0.05, 0) is 54.7 Å². The summed E-state index contributed by atoms with van der Waals surface area (Å²) in [5, 5.41) is 10.4. The first-order chi connectivity index (χ1) is 12.8. The molecule has 1 aliphatic heterocycles. The zero-order valence-electron chi connectivity index (χ0n) is 15.3. The molecule has 1 atom stereocenters. The van der Waals surface area contributed by atoms with Crippen LogP contribution in [0.2, 0.25) is 0 Å².